The first-order valence-corrected chi connectivity index (χ1v) is 8.08. The fourth-order valence-electron chi connectivity index (χ4n) is 2.83. The lowest BCUT2D eigenvalue weighted by molar-refractivity contribution is 0.0953. The van der Waals surface area contributed by atoms with E-state index in [-0.39, 0.29) is 17.2 Å². The molecular formula is C19H20N2O4. The van der Waals surface area contributed by atoms with Gasteiger partial charge in [-0.3, -0.25) is 9.79 Å². The number of carbonyl (C=O) groups excluding carboxylic acids is 1. The van der Waals surface area contributed by atoms with Gasteiger partial charge in [0.1, 0.15) is 17.6 Å². The molecule has 130 valence electrons. The predicted molar refractivity (Wildman–Crippen MR) is 94.4 cm³/mol. The highest BCUT2D eigenvalue weighted by atomic mass is 16.5. The average Bonchev–Trinajstić information content (AvgIpc) is 2.71. The molecule has 1 amide bonds. The van der Waals surface area contributed by atoms with Crippen LogP contribution in [-0.4, -0.2) is 42.0 Å². The lowest BCUT2D eigenvalue weighted by atomic mass is 9.94. The number of nitrogens with zero attached hydrogens (tertiary/aromatic N) is 1. The van der Waals surface area contributed by atoms with Crippen LogP contribution < -0.4 is 10.1 Å². The Balaban J connectivity index is 2.11. The summed E-state index contributed by atoms with van der Waals surface area (Å²) in [4.78, 5) is 16.9. The summed E-state index contributed by atoms with van der Waals surface area (Å²) in [5.74, 6) is 0.256. The number of aromatic hydroxyl groups is 1. The number of methoxy groups -OCH3 is 1. The molecule has 6 nitrogen and oxygen atoms in total. The molecular weight excluding hydrogens is 320 g/mol. The first kappa shape index (κ1) is 17.0. The summed E-state index contributed by atoms with van der Waals surface area (Å²) in [5, 5.41) is 23.9. The first-order chi connectivity index (χ1) is 12.1. The van der Waals surface area contributed by atoms with Gasteiger partial charge in [0.25, 0.3) is 5.91 Å². The normalized spacial score (nSPS) is 15.8. The van der Waals surface area contributed by atoms with Crippen LogP contribution >= 0.6 is 0 Å². The standard InChI is InChI=1S/C19H20N2O4/c1-25-12-7-8-16(22)15(11-12)18(23)17-13-5-2-3-6-14(13)19(24)21-10-4-9-20-17/h2-3,5-8,11,18,22-23H,4,9-10H2,1H3,(H,21,24). The second kappa shape index (κ2) is 7.36. The molecule has 0 saturated heterocycles. The summed E-state index contributed by atoms with van der Waals surface area (Å²) in [6.45, 7) is 0.982. The second-order valence-electron chi connectivity index (χ2n) is 5.75. The van der Waals surface area contributed by atoms with E-state index < -0.39 is 6.10 Å². The van der Waals surface area contributed by atoms with Crippen molar-refractivity contribution in [2.45, 2.75) is 12.5 Å². The largest absolute Gasteiger partial charge is 0.508 e. The van der Waals surface area contributed by atoms with Crippen molar-refractivity contribution in [1.29, 1.82) is 0 Å². The van der Waals surface area contributed by atoms with Gasteiger partial charge in [-0.1, -0.05) is 18.2 Å². The number of aliphatic imine (C=N–C) groups is 1. The Kier molecular flexibility index (Phi) is 5.00. The minimum Gasteiger partial charge on any atom is -0.508 e. The molecule has 3 N–H and O–H groups in total. The molecule has 0 spiro atoms. The summed E-state index contributed by atoms with van der Waals surface area (Å²) in [7, 11) is 1.51. The number of hydrogen-bond donors (Lipinski definition) is 3. The Bertz CT molecular complexity index is 817. The fourth-order valence-corrected chi connectivity index (χ4v) is 2.83. The molecule has 3 rings (SSSR count). The topological polar surface area (TPSA) is 91.2 Å². The number of rotatable bonds is 3. The molecule has 1 aliphatic rings. The van der Waals surface area contributed by atoms with Gasteiger partial charge in [-0.2, -0.15) is 0 Å². The van der Waals surface area contributed by atoms with Crippen molar-refractivity contribution < 1.29 is 19.7 Å². The van der Waals surface area contributed by atoms with Gasteiger partial charge in [-0.15, -0.1) is 0 Å². The van der Waals surface area contributed by atoms with Crippen molar-refractivity contribution in [2.24, 2.45) is 4.99 Å². The number of amides is 1. The molecule has 2 aromatic rings. The second-order valence-corrected chi connectivity index (χ2v) is 5.75. The monoisotopic (exact) mass is 340 g/mol. The van der Waals surface area contributed by atoms with E-state index in [0.29, 0.717) is 42.1 Å². The highest BCUT2D eigenvalue weighted by Crippen LogP contribution is 2.31. The van der Waals surface area contributed by atoms with Crippen LogP contribution in [0.5, 0.6) is 11.5 Å². The summed E-state index contributed by atoms with van der Waals surface area (Å²) in [5.41, 5.74) is 1.64. The van der Waals surface area contributed by atoms with Crippen molar-refractivity contribution in [2.75, 3.05) is 20.2 Å². The van der Waals surface area contributed by atoms with Gasteiger partial charge in [0.2, 0.25) is 0 Å². The third-order valence-electron chi connectivity index (χ3n) is 4.14. The number of nitrogens with one attached hydrogen (secondary N) is 1. The Hall–Kier alpha value is -2.86. The summed E-state index contributed by atoms with van der Waals surface area (Å²) in [6.07, 6.45) is -0.512. The van der Waals surface area contributed by atoms with E-state index >= 15 is 0 Å². The van der Waals surface area contributed by atoms with Gasteiger partial charge in [-0.25, -0.2) is 0 Å². The van der Waals surface area contributed by atoms with E-state index in [4.69, 9.17) is 4.74 Å². The molecule has 0 fully saturated rings. The Morgan fingerprint density at radius 1 is 1.20 bits per heavy atom. The zero-order valence-electron chi connectivity index (χ0n) is 13.9. The van der Waals surface area contributed by atoms with Crippen molar-refractivity contribution in [3.05, 3.63) is 59.2 Å². The number of phenolic OH excluding ortho intramolecular Hbond substituents is 1. The number of ether oxygens (including phenoxy) is 1. The van der Waals surface area contributed by atoms with Gasteiger partial charge in [0.05, 0.1) is 12.8 Å². The molecule has 1 heterocycles. The SMILES string of the molecule is COc1ccc(O)c(C(O)C2=NCCCNC(=O)c3ccccc32)c1. The maximum absolute atomic E-state index is 12.4. The van der Waals surface area contributed by atoms with Crippen LogP contribution in [0.2, 0.25) is 0 Å². The average molecular weight is 340 g/mol. The van der Waals surface area contributed by atoms with Crippen LogP contribution in [0, 0.1) is 0 Å². The highest BCUT2D eigenvalue weighted by molar-refractivity contribution is 6.12. The smallest absolute Gasteiger partial charge is 0.251 e. The predicted octanol–water partition coefficient (Wildman–Crippen LogP) is 2.06. The number of benzene rings is 2. The summed E-state index contributed by atoms with van der Waals surface area (Å²) < 4.78 is 5.17. The zero-order valence-corrected chi connectivity index (χ0v) is 13.9. The van der Waals surface area contributed by atoms with E-state index in [0.717, 1.165) is 0 Å². The molecule has 1 aliphatic heterocycles. The molecule has 1 unspecified atom stereocenters. The van der Waals surface area contributed by atoms with Gasteiger partial charge in [0, 0.05) is 29.8 Å². The first-order valence-electron chi connectivity index (χ1n) is 8.08. The molecule has 2 aromatic carbocycles. The maximum Gasteiger partial charge on any atom is 0.251 e. The highest BCUT2D eigenvalue weighted by Gasteiger charge is 2.25. The minimum absolute atomic E-state index is 0.0576. The van der Waals surface area contributed by atoms with E-state index in [1.807, 2.05) is 0 Å². The number of carbonyl (C=O) groups is 1. The molecule has 0 radical (unpaired) electrons. The summed E-state index contributed by atoms with van der Waals surface area (Å²) >= 11 is 0. The van der Waals surface area contributed by atoms with Crippen molar-refractivity contribution in [1.82, 2.24) is 5.32 Å². The third-order valence-corrected chi connectivity index (χ3v) is 4.14. The fraction of sp³-hybridized carbons (Fsp3) is 0.263. The molecule has 0 saturated carbocycles. The van der Waals surface area contributed by atoms with Gasteiger partial charge >= 0.3 is 0 Å². The number of hydrogen-bond acceptors (Lipinski definition) is 5. The van der Waals surface area contributed by atoms with Crippen molar-refractivity contribution >= 4 is 11.6 Å². The van der Waals surface area contributed by atoms with Crippen molar-refractivity contribution in [3.8, 4) is 11.5 Å². The molecule has 0 aliphatic carbocycles. The Morgan fingerprint density at radius 3 is 2.72 bits per heavy atom. The van der Waals surface area contributed by atoms with Crippen LogP contribution in [0.3, 0.4) is 0 Å². The molecule has 0 aromatic heterocycles. The summed E-state index contributed by atoms with van der Waals surface area (Å²) in [6, 6.07) is 11.6. The lowest BCUT2D eigenvalue weighted by Crippen LogP contribution is -2.26. The number of aliphatic hydroxyl groups excluding tert-OH is 1. The number of aliphatic hydroxyl groups is 1. The minimum atomic E-state index is -1.18. The third kappa shape index (κ3) is 3.49. The van der Waals surface area contributed by atoms with Gasteiger partial charge < -0.3 is 20.3 Å². The van der Waals surface area contributed by atoms with E-state index in [2.05, 4.69) is 10.3 Å². The number of phenols is 1. The van der Waals surface area contributed by atoms with Gasteiger partial charge in [0.15, 0.2) is 0 Å². The maximum atomic E-state index is 12.4. The van der Waals surface area contributed by atoms with Crippen molar-refractivity contribution in [3.63, 3.8) is 0 Å². The zero-order chi connectivity index (χ0) is 17.8. The Labute approximate surface area is 145 Å². The van der Waals surface area contributed by atoms with E-state index in [1.54, 1.807) is 36.4 Å². The molecule has 0 bridgehead atoms. The number of fused-ring (bicyclic) bond motifs is 1. The quantitative estimate of drug-likeness (QED) is 0.797. The molecule has 25 heavy (non-hydrogen) atoms. The van der Waals surface area contributed by atoms with Gasteiger partial charge in [-0.05, 0) is 30.7 Å². The lowest BCUT2D eigenvalue weighted by Gasteiger charge is -2.18. The van der Waals surface area contributed by atoms with Crippen LogP contribution in [0.25, 0.3) is 0 Å². The van der Waals surface area contributed by atoms with Crippen LogP contribution in [0.1, 0.15) is 34.0 Å². The van der Waals surface area contributed by atoms with Crippen LogP contribution in [-0.2, 0) is 0 Å². The molecule has 1 atom stereocenters. The molecule has 6 heteroatoms. The Morgan fingerprint density at radius 2 is 1.96 bits per heavy atom. The van der Waals surface area contributed by atoms with E-state index in [1.165, 1.54) is 13.2 Å². The van der Waals surface area contributed by atoms with E-state index in [9.17, 15) is 15.0 Å². The van der Waals surface area contributed by atoms with Crippen LogP contribution in [0.4, 0.5) is 0 Å². The van der Waals surface area contributed by atoms with Crippen LogP contribution in [0.15, 0.2) is 47.5 Å².